The number of rotatable bonds is 4. The molecular weight excluding hydrogens is 286 g/mol. The Kier molecular flexibility index (Phi) is 3.66. The maximum atomic E-state index is 5.96. The number of hydrogen-bond donors (Lipinski definition) is 2. The number of halogens is 1. The van der Waals surface area contributed by atoms with Gasteiger partial charge in [-0.3, -0.25) is 0 Å². The maximum absolute atomic E-state index is 5.96. The highest BCUT2D eigenvalue weighted by atomic mass is 35.5. The highest BCUT2D eigenvalue weighted by molar-refractivity contribution is 6.30. The lowest BCUT2D eigenvalue weighted by Gasteiger charge is -2.09. The summed E-state index contributed by atoms with van der Waals surface area (Å²) in [5, 5.41) is 3.99. The van der Waals surface area contributed by atoms with Gasteiger partial charge < -0.3 is 15.2 Å². The van der Waals surface area contributed by atoms with Gasteiger partial charge in [0.1, 0.15) is 11.6 Å². The number of benzene rings is 1. The lowest BCUT2D eigenvalue weighted by molar-refractivity contribution is 1.01. The summed E-state index contributed by atoms with van der Waals surface area (Å²) < 4.78 is 0. The smallest absolute Gasteiger partial charge is 0.179 e. The van der Waals surface area contributed by atoms with Gasteiger partial charge in [0.25, 0.3) is 0 Å². The first-order valence-corrected chi connectivity index (χ1v) is 7.02. The Balaban J connectivity index is 1.78. The SMILES string of the molecule is CN(C)c1ccc2[nH]c(CNc3cccc(Cl)c3)nc2n1. The number of nitrogens with zero attached hydrogens (tertiary/aromatic N) is 3. The third kappa shape index (κ3) is 3.08. The first-order chi connectivity index (χ1) is 10.1. The Labute approximate surface area is 128 Å². The van der Waals surface area contributed by atoms with E-state index in [1.54, 1.807) is 0 Å². The number of H-pyrrole nitrogens is 1. The molecule has 2 N–H and O–H groups in total. The topological polar surface area (TPSA) is 56.8 Å². The summed E-state index contributed by atoms with van der Waals surface area (Å²) in [5.41, 5.74) is 2.62. The van der Waals surface area contributed by atoms with Crippen molar-refractivity contribution in [2.24, 2.45) is 0 Å². The lowest BCUT2D eigenvalue weighted by Crippen LogP contribution is -2.10. The van der Waals surface area contributed by atoms with Crippen molar-refractivity contribution in [2.45, 2.75) is 6.54 Å². The Bertz CT molecular complexity index is 766. The summed E-state index contributed by atoms with van der Waals surface area (Å²) in [6.45, 7) is 0.591. The van der Waals surface area contributed by atoms with Gasteiger partial charge in [-0.1, -0.05) is 17.7 Å². The fourth-order valence-electron chi connectivity index (χ4n) is 2.05. The average molecular weight is 302 g/mol. The number of anilines is 2. The van der Waals surface area contributed by atoms with E-state index in [-0.39, 0.29) is 0 Å². The van der Waals surface area contributed by atoms with Crippen molar-refractivity contribution < 1.29 is 0 Å². The fraction of sp³-hybridized carbons (Fsp3) is 0.200. The molecule has 0 aliphatic carbocycles. The van der Waals surface area contributed by atoms with Gasteiger partial charge in [-0.25, -0.2) is 9.97 Å². The largest absolute Gasteiger partial charge is 0.378 e. The quantitative estimate of drug-likeness (QED) is 0.776. The standard InChI is InChI=1S/C15H16ClN5/c1-21(2)14-7-6-12-15(20-14)19-13(18-12)9-17-11-5-3-4-10(16)8-11/h3-8,17H,9H2,1-2H3,(H,18,19,20). The molecule has 0 aliphatic heterocycles. The van der Waals surface area contributed by atoms with Crippen LogP contribution in [0.1, 0.15) is 5.82 Å². The molecule has 1 aromatic carbocycles. The van der Waals surface area contributed by atoms with E-state index in [1.165, 1.54) is 0 Å². The highest BCUT2D eigenvalue weighted by Gasteiger charge is 2.06. The minimum atomic E-state index is 0.591. The van der Waals surface area contributed by atoms with E-state index < -0.39 is 0 Å². The van der Waals surface area contributed by atoms with Crippen LogP contribution < -0.4 is 10.2 Å². The molecule has 2 aromatic heterocycles. The van der Waals surface area contributed by atoms with E-state index in [9.17, 15) is 0 Å². The molecule has 0 spiro atoms. The predicted octanol–water partition coefficient (Wildman–Crippen LogP) is 3.29. The molecule has 0 atom stereocenters. The summed E-state index contributed by atoms with van der Waals surface area (Å²) in [5.74, 6) is 1.73. The van der Waals surface area contributed by atoms with E-state index in [1.807, 2.05) is 55.4 Å². The van der Waals surface area contributed by atoms with Crippen molar-refractivity contribution in [1.29, 1.82) is 0 Å². The van der Waals surface area contributed by atoms with E-state index >= 15 is 0 Å². The zero-order valence-corrected chi connectivity index (χ0v) is 12.6. The summed E-state index contributed by atoms with van der Waals surface area (Å²) in [4.78, 5) is 14.2. The molecule has 0 fully saturated rings. The minimum Gasteiger partial charge on any atom is -0.378 e. The van der Waals surface area contributed by atoms with Gasteiger partial charge in [0.15, 0.2) is 5.65 Å². The van der Waals surface area contributed by atoms with Gasteiger partial charge >= 0.3 is 0 Å². The number of nitrogens with one attached hydrogen (secondary N) is 2. The molecule has 0 amide bonds. The number of pyridine rings is 1. The molecule has 0 aliphatic rings. The Morgan fingerprint density at radius 1 is 1.19 bits per heavy atom. The third-order valence-electron chi connectivity index (χ3n) is 3.12. The van der Waals surface area contributed by atoms with E-state index in [2.05, 4.69) is 20.3 Å². The van der Waals surface area contributed by atoms with Crippen LogP contribution in [-0.2, 0) is 6.54 Å². The number of fused-ring (bicyclic) bond motifs is 1. The van der Waals surface area contributed by atoms with Crippen molar-refractivity contribution in [2.75, 3.05) is 24.3 Å². The number of aromatic nitrogens is 3. The summed E-state index contributed by atoms with van der Waals surface area (Å²) in [6, 6.07) is 11.6. The molecule has 0 radical (unpaired) electrons. The van der Waals surface area contributed by atoms with Gasteiger partial charge in [0, 0.05) is 24.8 Å². The molecule has 108 valence electrons. The van der Waals surface area contributed by atoms with Gasteiger partial charge in [0.2, 0.25) is 0 Å². The molecule has 21 heavy (non-hydrogen) atoms. The van der Waals surface area contributed by atoms with Gasteiger partial charge in [-0.05, 0) is 30.3 Å². The molecule has 5 nitrogen and oxygen atoms in total. The van der Waals surface area contributed by atoms with Crippen LogP contribution >= 0.6 is 11.6 Å². The van der Waals surface area contributed by atoms with Crippen LogP contribution in [0.15, 0.2) is 36.4 Å². The zero-order valence-electron chi connectivity index (χ0n) is 11.9. The number of hydrogen-bond acceptors (Lipinski definition) is 4. The summed E-state index contributed by atoms with van der Waals surface area (Å²) in [6.07, 6.45) is 0. The van der Waals surface area contributed by atoms with Gasteiger partial charge in [-0.2, -0.15) is 0 Å². The second kappa shape index (κ2) is 5.61. The second-order valence-corrected chi connectivity index (χ2v) is 5.42. The number of imidazole rings is 1. The highest BCUT2D eigenvalue weighted by Crippen LogP contribution is 2.17. The van der Waals surface area contributed by atoms with Crippen molar-refractivity contribution >= 4 is 34.3 Å². The molecule has 0 saturated heterocycles. The Morgan fingerprint density at radius 2 is 2.05 bits per heavy atom. The molecule has 0 saturated carbocycles. The van der Waals surface area contributed by atoms with Crippen LogP contribution in [-0.4, -0.2) is 29.0 Å². The first-order valence-electron chi connectivity index (χ1n) is 6.64. The minimum absolute atomic E-state index is 0.591. The average Bonchev–Trinajstić information content (AvgIpc) is 2.87. The van der Waals surface area contributed by atoms with Crippen LogP contribution in [0.4, 0.5) is 11.5 Å². The van der Waals surface area contributed by atoms with Gasteiger partial charge in [0.05, 0.1) is 12.1 Å². The molecule has 3 aromatic rings. The van der Waals surface area contributed by atoms with Crippen LogP contribution in [0.5, 0.6) is 0 Å². The predicted molar refractivity (Wildman–Crippen MR) is 87.0 cm³/mol. The van der Waals surface area contributed by atoms with E-state index in [0.717, 1.165) is 28.5 Å². The summed E-state index contributed by atoms with van der Waals surface area (Å²) >= 11 is 5.96. The van der Waals surface area contributed by atoms with Crippen molar-refractivity contribution in [3.8, 4) is 0 Å². The first kappa shape index (κ1) is 13.7. The molecule has 0 unspecified atom stereocenters. The normalized spacial score (nSPS) is 10.8. The Morgan fingerprint density at radius 3 is 2.81 bits per heavy atom. The fourth-order valence-corrected chi connectivity index (χ4v) is 2.24. The number of aromatic amines is 1. The third-order valence-corrected chi connectivity index (χ3v) is 3.36. The van der Waals surface area contributed by atoms with E-state index in [0.29, 0.717) is 11.6 Å². The zero-order chi connectivity index (χ0) is 14.8. The van der Waals surface area contributed by atoms with Crippen molar-refractivity contribution in [1.82, 2.24) is 15.0 Å². The molecule has 2 heterocycles. The van der Waals surface area contributed by atoms with E-state index in [4.69, 9.17) is 11.6 Å². The molecular formula is C15H16ClN5. The Hall–Kier alpha value is -2.27. The molecule has 0 bridgehead atoms. The monoisotopic (exact) mass is 301 g/mol. The molecule has 6 heteroatoms. The van der Waals surface area contributed by atoms with Crippen molar-refractivity contribution in [3.63, 3.8) is 0 Å². The van der Waals surface area contributed by atoms with Gasteiger partial charge in [-0.15, -0.1) is 0 Å². The second-order valence-electron chi connectivity index (χ2n) is 4.98. The molecule has 3 rings (SSSR count). The van der Waals surface area contributed by atoms with Crippen LogP contribution in [0.2, 0.25) is 5.02 Å². The summed E-state index contributed by atoms with van der Waals surface area (Å²) in [7, 11) is 3.92. The van der Waals surface area contributed by atoms with Crippen molar-refractivity contribution in [3.05, 3.63) is 47.2 Å². The van der Waals surface area contributed by atoms with Crippen LogP contribution in [0, 0.1) is 0 Å². The lowest BCUT2D eigenvalue weighted by atomic mass is 10.3. The maximum Gasteiger partial charge on any atom is 0.179 e. The van der Waals surface area contributed by atoms with Crippen LogP contribution in [0.3, 0.4) is 0 Å². The van der Waals surface area contributed by atoms with Crippen LogP contribution in [0.25, 0.3) is 11.2 Å².